The van der Waals surface area contributed by atoms with E-state index in [2.05, 4.69) is 17.4 Å². The molecule has 0 saturated carbocycles. The third kappa shape index (κ3) is 2.01. The summed E-state index contributed by atoms with van der Waals surface area (Å²) in [5, 5.41) is 14.8. The summed E-state index contributed by atoms with van der Waals surface area (Å²) in [6, 6.07) is 12.7. The Kier molecular flexibility index (Phi) is 2.73. The van der Waals surface area contributed by atoms with Gasteiger partial charge in [-0.15, -0.1) is 0 Å². The van der Waals surface area contributed by atoms with E-state index < -0.39 is 0 Å². The van der Waals surface area contributed by atoms with Crippen LogP contribution in [0.25, 0.3) is 10.8 Å². The lowest BCUT2D eigenvalue weighted by atomic mass is 9.94. The predicted octanol–water partition coefficient (Wildman–Crippen LogP) is 2.33. The molecule has 0 aliphatic carbocycles. The monoisotopic (exact) mass is 228 g/mol. The van der Waals surface area contributed by atoms with Crippen molar-refractivity contribution in [2.24, 2.45) is 0 Å². The molecule has 0 radical (unpaired) electrons. The van der Waals surface area contributed by atoms with Crippen LogP contribution in [0.2, 0.25) is 0 Å². The average molecular weight is 228 g/mol. The number of benzene rings is 2. The van der Waals surface area contributed by atoms with Gasteiger partial charge in [0.1, 0.15) is 11.8 Å². The maximum atomic E-state index is 10.1. The van der Waals surface area contributed by atoms with Crippen LogP contribution in [0, 0.1) is 0 Å². The molecule has 0 unspecified atom stereocenters. The standard InChI is InChI=1S/C15H17NO/c17-15-10-12-6-2-1-5-11(12)9-13(15)14-7-3-4-8-16-14/h1-2,5-6,9-10,14,16-17H,3-4,7-8H2/p+1/t14-/m0/s1. The Bertz CT molecular complexity index is 529. The largest absolute Gasteiger partial charge is 0.507 e. The molecule has 0 amide bonds. The highest BCUT2D eigenvalue weighted by Crippen LogP contribution is 2.30. The van der Waals surface area contributed by atoms with Crippen LogP contribution in [0.15, 0.2) is 36.4 Å². The van der Waals surface area contributed by atoms with Gasteiger partial charge in [0.05, 0.1) is 12.1 Å². The summed E-state index contributed by atoms with van der Waals surface area (Å²) in [7, 11) is 0. The first kappa shape index (κ1) is 10.6. The van der Waals surface area contributed by atoms with Gasteiger partial charge in [0.15, 0.2) is 0 Å². The topological polar surface area (TPSA) is 36.8 Å². The maximum Gasteiger partial charge on any atom is 0.125 e. The molecule has 1 atom stereocenters. The molecule has 1 fully saturated rings. The molecule has 2 heteroatoms. The van der Waals surface area contributed by atoms with Crippen molar-refractivity contribution in [1.29, 1.82) is 0 Å². The van der Waals surface area contributed by atoms with Crippen LogP contribution in [0.3, 0.4) is 0 Å². The minimum Gasteiger partial charge on any atom is -0.507 e. The summed E-state index contributed by atoms with van der Waals surface area (Å²) < 4.78 is 0. The van der Waals surface area contributed by atoms with E-state index in [4.69, 9.17) is 0 Å². The Labute approximate surface area is 101 Å². The molecule has 1 heterocycles. The molecule has 17 heavy (non-hydrogen) atoms. The summed E-state index contributed by atoms with van der Waals surface area (Å²) >= 11 is 0. The van der Waals surface area contributed by atoms with Gasteiger partial charge in [-0.3, -0.25) is 0 Å². The quantitative estimate of drug-likeness (QED) is 0.772. The van der Waals surface area contributed by atoms with E-state index in [1.54, 1.807) is 0 Å². The molecule has 2 nitrogen and oxygen atoms in total. The molecule has 0 bridgehead atoms. The fourth-order valence-corrected chi connectivity index (χ4v) is 2.77. The highest BCUT2D eigenvalue weighted by molar-refractivity contribution is 5.85. The second kappa shape index (κ2) is 4.38. The van der Waals surface area contributed by atoms with Crippen LogP contribution in [0.4, 0.5) is 0 Å². The van der Waals surface area contributed by atoms with Gasteiger partial charge in [0, 0.05) is 6.42 Å². The third-order valence-electron chi connectivity index (χ3n) is 3.71. The van der Waals surface area contributed by atoms with E-state index in [1.165, 1.54) is 31.2 Å². The van der Waals surface area contributed by atoms with Crippen LogP contribution >= 0.6 is 0 Å². The van der Waals surface area contributed by atoms with Crippen LogP contribution in [-0.4, -0.2) is 11.7 Å². The average Bonchev–Trinajstić information content (AvgIpc) is 2.39. The van der Waals surface area contributed by atoms with E-state index in [0.717, 1.165) is 10.9 Å². The highest BCUT2D eigenvalue weighted by atomic mass is 16.3. The molecule has 2 aromatic rings. The summed E-state index contributed by atoms with van der Waals surface area (Å²) in [6.07, 6.45) is 3.74. The van der Waals surface area contributed by atoms with Gasteiger partial charge in [0.25, 0.3) is 0 Å². The van der Waals surface area contributed by atoms with Crippen LogP contribution in [-0.2, 0) is 0 Å². The number of hydrogen-bond acceptors (Lipinski definition) is 1. The number of rotatable bonds is 1. The Morgan fingerprint density at radius 2 is 1.82 bits per heavy atom. The molecule has 2 aromatic carbocycles. The number of nitrogens with two attached hydrogens (primary N) is 1. The van der Waals surface area contributed by atoms with Crippen molar-refractivity contribution < 1.29 is 10.4 Å². The van der Waals surface area contributed by atoms with Gasteiger partial charge >= 0.3 is 0 Å². The van der Waals surface area contributed by atoms with Crippen molar-refractivity contribution >= 4 is 10.8 Å². The lowest BCUT2D eigenvalue weighted by molar-refractivity contribution is -0.704. The van der Waals surface area contributed by atoms with Crippen molar-refractivity contribution in [1.82, 2.24) is 0 Å². The van der Waals surface area contributed by atoms with E-state index in [1.807, 2.05) is 24.3 Å². The number of piperidine rings is 1. The molecule has 1 aliphatic heterocycles. The second-order valence-corrected chi connectivity index (χ2v) is 4.88. The first-order valence-electron chi connectivity index (χ1n) is 6.39. The van der Waals surface area contributed by atoms with Crippen molar-refractivity contribution in [3.8, 4) is 5.75 Å². The zero-order chi connectivity index (χ0) is 11.7. The highest BCUT2D eigenvalue weighted by Gasteiger charge is 2.21. The lowest BCUT2D eigenvalue weighted by Crippen LogP contribution is -2.86. The van der Waals surface area contributed by atoms with Gasteiger partial charge < -0.3 is 10.4 Å². The third-order valence-corrected chi connectivity index (χ3v) is 3.71. The summed E-state index contributed by atoms with van der Waals surface area (Å²) in [5.74, 6) is 0.451. The maximum absolute atomic E-state index is 10.1. The van der Waals surface area contributed by atoms with Crippen LogP contribution in [0.1, 0.15) is 30.9 Å². The van der Waals surface area contributed by atoms with Gasteiger partial charge in [-0.2, -0.15) is 0 Å². The van der Waals surface area contributed by atoms with Gasteiger partial charge in [-0.1, -0.05) is 24.3 Å². The molecular formula is C15H18NO+. The number of aromatic hydroxyl groups is 1. The normalized spacial score (nSPS) is 20.6. The number of quaternary nitrogens is 1. The van der Waals surface area contributed by atoms with Crippen molar-refractivity contribution in [2.45, 2.75) is 25.3 Å². The second-order valence-electron chi connectivity index (χ2n) is 4.88. The predicted molar refractivity (Wildman–Crippen MR) is 69.0 cm³/mol. The molecular weight excluding hydrogens is 210 g/mol. The minimum atomic E-state index is 0.438. The van der Waals surface area contributed by atoms with E-state index in [-0.39, 0.29) is 0 Å². The fourth-order valence-electron chi connectivity index (χ4n) is 2.77. The molecule has 3 N–H and O–H groups in total. The smallest absolute Gasteiger partial charge is 0.125 e. The van der Waals surface area contributed by atoms with Crippen molar-refractivity contribution in [2.75, 3.05) is 6.54 Å². The van der Waals surface area contributed by atoms with Crippen molar-refractivity contribution in [3.05, 3.63) is 42.0 Å². The first-order chi connectivity index (χ1) is 8.34. The molecule has 1 saturated heterocycles. The van der Waals surface area contributed by atoms with Gasteiger partial charge in [-0.25, -0.2) is 0 Å². The SMILES string of the molecule is Oc1cc2ccccc2cc1[C@@H]1CCCC[NH2+]1. The summed E-state index contributed by atoms with van der Waals surface area (Å²) in [5.41, 5.74) is 1.10. The Hall–Kier alpha value is -1.54. The summed E-state index contributed by atoms with van der Waals surface area (Å²) in [4.78, 5) is 0. The van der Waals surface area contributed by atoms with Crippen LogP contribution < -0.4 is 5.32 Å². The number of phenols is 1. The Morgan fingerprint density at radius 1 is 1.06 bits per heavy atom. The minimum absolute atomic E-state index is 0.438. The summed E-state index contributed by atoms with van der Waals surface area (Å²) in [6.45, 7) is 1.18. The van der Waals surface area contributed by atoms with Gasteiger partial charge in [0.2, 0.25) is 0 Å². The molecule has 3 rings (SSSR count). The number of hydrogen-bond donors (Lipinski definition) is 2. The Balaban J connectivity index is 2.06. The Morgan fingerprint density at radius 3 is 2.53 bits per heavy atom. The van der Waals surface area contributed by atoms with Gasteiger partial charge in [-0.05, 0) is 35.7 Å². The van der Waals surface area contributed by atoms with Crippen molar-refractivity contribution in [3.63, 3.8) is 0 Å². The lowest BCUT2D eigenvalue weighted by Gasteiger charge is -2.21. The molecule has 0 aromatic heterocycles. The van der Waals surface area contributed by atoms with E-state index >= 15 is 0 Å². The molecule has 0 spiro atoms. The number of phenolic OH excluding ortho intramolecular Hbond substituents is 1. The van der Waals surface area contributed by atoms with Crippen LogP contribution in [0.5, 0.6) is 5.75 Å². The fraction of sp³-hybridized carbons (Fsp3) is 0.333. The van der Waals surface area contributed by atoms with E-state index in [0.29, 0.717) is 11.8 Å². The molecule has 1 aliphatic rings. The zero-order valence-corrected chi connectivity index (χ0v) is 9.89. The first-order valence-corrected chi connectivity index (χ1v) is 6.39. The molecule has 88 valence electrons. The number of fused-ring (bicyclic) bond motifs is 1. The van der Waals surface area contributed by atoms with E-state index in [9.17, 15) is 5.11 Å². The zero-order valence-electron chi connectivity index (χ0n) is 9.89.